The third-order valence-electron chi connectivity index (χ3n) is 4.29. The Bertz CT molecular complexity index is 972. The van der Waals surface area contributed by atoms with Crippen molar-refractivity contribution in [2.75, 3.05) is 5.32 Å². The van der Waals surface area contributed by atoms with Crippen LogP contribution in [-0.4, -0.2) is 15.9 Å². The van der Waals surface area contributed by atoms with Crippen LogP contribution in [0.25, 0.3) is 0 Å². The second kappa shape index (κ2) is 8.64. The molecule has 5 heteroatoms. The van der Waals surface area contributed by atoms with E-state index < -0.39 is 0 Å². The van der Waals surface area contributed by atoms with Gasteiger partial charge in [0, 0.05) is 18.4 Å². The van der Waals surface area contributed by atoms with Crippen molar-refractivity contribution < 1.29 is 0 Å². The molecule has 0 radical (unpaired) electrons. The Kier molecular flexibility index (Phi) is 6.04. The summed E-state index contributed by atoms with van der Waals surface area (Å²) in [5.41, 5.74) is 9.79. The van der Waals surface area contributed by atoms with E-state index in [1.807, 2.05) is 18.2 Å². The Morgan fingerprint density at radius 2 is 1.85 bits per heavy atom. The van der Waals surface area contributed by atoms with Gasteiger partial charge in [-0.1, -0.05) is 47.5 Å². The van der Waals surface area contributed by atoms with E-state index in [-0.39, 0.29) is 0 Å². The van der Waals surface area contributed by atoms with Gasteiger partial charge in [-0.15, -0.1) is 0 Å². The summed E-state index contributed by atoms with van der Waals surface area (Å²) in [7, 11) is 0. The van der Waals surface area contributed by atoms with E-state index in [4.69, 9.17) is 12.2 Å². The summed E-state index contributed by atoms with van der Waals surface area (Å²) >= 11 is 5.33. The van der Waals surface area contributed by atoms with Crippen molar-refractivity contribution in [3.8, 4) is 0 Å². The lowest BCUT2D eigenvalue weighted by Gasteiger charge is -2.10. The molecule has 2 aromatic carbocycles. The van der Waals surface area contributed by atoms with Crippen molar-refractivity contribution >= 4 is 29.2 Å². The van der Waals surface area contributed by atoms with Crippen molar-refractivity contribution in [3.63, 3.8) is 0 Å². The molecular formula is C22H24N4S. The average molecular weight is 377 g/mol. The van der Waals surface area contributed by atoms with Gasteiger partial charge >= 0.3 is 0 Å². The van der Waals surface area contributed by atoms with Crippen LogP contribution >= 0.6 is 12.2 Å². The number of nitrogens with zero attached hydrogens (tertiary/aromatic N) is 2. The molecule has 138 valence electrons. The molecule has 0 amide bonds. The maximum absolute atomic E-state index is 5.33. The van der Waals surface area contributed by atoms with Crippen LogP contribution in [0.5, 0.6) is 0 Å². The predicted molar refractivity (Wildman–Crippen MR) is 118 cm³/mol. The van der Waals surface area contributed by atoms with Crippen LogP contribution in [0.1, 0.15) is 27.9 Å². The molecule has 0 saturated heterocycles. The Labute approximate surface area is 165 Å². The van der Waals surface area contributed by atoms with Gasteiger partial charge in [0.15, 0.2) is 5.11 Å². The Morgan fingerprint density at radius 1 is 1.04 bits per heavy atom. The standard InChI is InChI=1S/C22H24N4S/c1-16-6-4-7-19(13-16)15-26-11-5-8-20(26)14-23-25-22(27)24-21-10-9-17(2)12-18(21)3/h4-14H,15H2,1-3H3,(H2,24,25,27)/b23-14-. The van der Waals surface area contributed by atoms with Crippen molar-refractivity contribution in [1.29, 1.82) is 0 Å². The highest BCUT2D eigenvalue weighted by Gasteiger charge is 2.02. The van der Waals surface area contributed by atoms with E-state index in [1.165, 1.54) is 16.7 Å². The molecular weight excluding hydrogens is 352 g/mol. The number of benzene rings is 2. The number of rotatable bonds is 5. The summed E-state index contributed by atoms with van der Waals surface area (Å²) in [6.07, 6.45) is 3.84. The van der Waals surface area contributed by atoms with Crippen LogP contribution in [0.4, 0.5) is 5.69 Å². The number of hydrazone groups is 1. The Balaban J connectivity index is 1.60. The fourth-order valence-electron chi connectivity index (χ4n) is 2.96. The maximum atomic E-state index is 5.33. The summed E-state index contributed by atoms with van der Waals surface area (Å²) in [5.74, 6) is 0. The zero-order valence-electron chi connectivity index (χ0n) is 15.9. The van der Waals surface area contributed by atoms with Crippen LogP contribution in [0, 0.1) is 20.8 Å². The van der Waals surface area contributed by atoms with E-state index in [0.29, 0.717) is 5.11 Å². The van der Waals surface area contributed by atoms with Crippen LogP contribution in [-0.2, 0) is 6.54 Å². The van der Waals surface area contributed by atoms with E-state index in [1.54, 1.807) is 6.21 Å². The number of aromatic nitrogens is 1. The van der Waals surface area contributed by atoms with Crippen molar-refractivity contribution in [1.82, 2.24) is 9.99 Å². The highest BCUT2D eigenvalue weighted by Crippen LogP contribution is 2.15. The molecule has 0 atom stereocenters. The summed E-state index contributed by atoms with van der Waals surface area (Å²) in [4.78, 5) is 0. The molecule has 4 nitrogen and oxygen atoms in total. The number of nitrogens with one attached hydrogen (secondary N) is 2. The predicted octanol–water partition coefficient (Wildman–Crippen LogP) is 4.78. The smallest absolute Gasteiger partial charge is 0.191 e. The number of aryl methyl sites for hydroxylation is 3. The van der Waals surface area contributed by atoms with Gasteiger partial charge in [0.25, 0.3) is 0 Å². The highest BCUT2D eigenvalue weighted by atomic mass is 32.1. The molecule has 0 aliphatic rings. The van der Waals surface area contributed by atoms with E-state index in [9.17, 15) is 0 Å². The molecule has 0 fully saturated rings. The lowest BCUT2D eigenvalue weighted by atomic mass is 10.1. The second-order valence-corrected chi connectivity index (χ2v) is 7.10. The number of anilines is 1. The molecule has 27 heavy (non-hydrogen) atoms. The van der Waals surface area contributed by atoms with Gasteiger partial charge in [-0.3, -0.25) is 5.43 Å². The van der Waals surface area contributed by atoms with Gasteiger partial charge in [0.1, 0.15) is 0 Å². The van der Waals surface area contributed by atoms with Crippen LogP contribution in [0.2, 0.25) is 0 Å². The largest absolute Gasteiger partial charge is 0.342 e. The zero-order chi connectivity index (χ0) is 19.2. The topological polar surface area (TPSA) is 41.4 Å². The van der Waals surface area contributed by atoms with Crippen molar-refractivity contribution in [2.24, 2.45) is 5.10 Å². The molecule has 2 N–H and O–H groups in total. The molecule has 0 spiro atoms. The van der Waals surface area contributed by atoms with Crippen LogP contribution in [0.3, 0.4) is 0 Å². The monoisotopic (exact) mass is 376 g/mol. The lowest BCUT2D eigenvalue weighted by Crippen LogP contribution is -2.24. The number of thiocarbonyl (C=S) groups is 1. The summed E-state index contributed by atoms with van der Waals surface area (Å²) in [6, 6.07) is 18.8. The quantitative estimate of drug-likeness (QED) is 0.382. The minimum Gasteiger partial charge on any atom is -0.342 e. The first-order valence-corrected chi connectivity index (χ1v) is 9.30. The first kappa shape index (κ1) is 18.9. The Morgan fingerprint density at radius 3 is 2.63 bits per heavy atom. The molecule has 0 aliphatic heterocycles. The molecule has 0 unspecified atom stereocenters. The summed E-state index contributed by atoms with van der Waals surface area (Å²) < 4.78 is 2.15. The minimum atomic E-state index is 0.468. The lowest BCUT2D eigenvalue weighted by molar-refractivity contribution is 0.798. The third-order valence-corrected chi connectivity index (χ3v) is 4.49. The highest BCUT2D eigenvalue weighted by molar-refractivity contribution is 7.80. The zero-order valence-corrected chi connectivity index (χ0v) is 16.7. The summed E-state index contributed by atoms with van der Waals surface area (Å²) in [5, 5.41) is 7.92. The first-order chi connectivity index (χ1) is 13.0. The van der Waals surface area contributed by atoms with Crippen molar-refractivity contribution in [2.45, 2.75) is 27.3 Å². The fraction of sp³-hybridized carbons (Fsp3) is 0.182. The number of hydrogen-bond acceptors (Lipinski definition) is 2. The SMILES string of the molecule is Cc1cccc(Cn2cccc2/C=N\NC(=S)Nc2ccc(C)cc2C)c1. The first-order valence-electron chi connectivity index (χ1n) is 8.89. The normalized spacial score (nSPS) is 10.9. The van der Waals surface area contributed by atoms with Gasteiger partial charge in [-0.25, -0.2) is 0 Å². The van der Waals surface area contributed by atoms with Gasteiger partial charge in [-0.05, 0) is 62.3 Å². The van der Waals surface area contributed by atoms with E-state index in [0.717, 1.165) is 23.5 Å². The molecule has 0 aliphatic carbocycles. The third kappa shape index (κ3) is 5.28. The van der Waals surface area contributed by atoms with Crippen LogP contribution in [0.15, 0.2) is 65.9 Å². The van der Waals surface area contributed by atoms with Crippen LogP contribution < -0.4 is 10.7 Å². The fourth-order valence-corrected chi connectivity index (χ4v) is 3.12. The van der Waals surface area contributed by atoms with Gasteiger partial charge in [0.05, 0.1) is 11.9 Å². The van der Waals surface area contributed by atoms with Crippen molar-refractivity contribution in [3.05, 3.63) is 88.7 Å². The van der Waals surface area contributed by atoms with Gasteiger partial charge in [0.2, 0.25) is 0 Å². The van der Waals surface area contributed by atoms with Gasteiger partial charge in [-0.2, -0.15) is 5.10 Å². The molecule has 0 bridgehead atoms. The maximum Gasteiger partial charge on any atom is 0.191 e. The molecule has 3 rings (SSSR count). The van der Waals surface area contributed by atoms with E-state index in [2.05, 4.69) is 83.8 Å². The minimum absolute atomic E-state index is 0.468. The molecule has 3 aromatic rings. The average Bonchev–Trinajstić information content (AvgIpc) is 3.04. The number of hydrogen-bond donors (Lipinski definition) is 2. The molecule has 0 saturated carbocycles. The molecule has 1 heterocycles. The summed E-state index contributed by atoms with van der Waals surface area (Å²) in [6.45, 7) is 7.04. The van der Waals surface area contributed by atoms with E-state index >= 15 is 0 Å². The molecule has 1 aromatic heterocycles. The van der Waals surface area contributed by atoms with Gasteiger partial charge < -0.3 is 9.88 Å². The Hall–Kier alpha value is -2.92. The second-order valence-electron chi connectivity index (χ2n) is 6.69.